The summed E-state index contributed by atoms with van der Waals surface area (Å²) in [6, 6.07) is 12.0. The van der Waals surface area contributed by atoms with Gasteiger partial charge in [0.15, 0.2) is 5.78 Å². The summed E-state index contributed by atoms with van der Waals surface area (Å²) >= 11 is 0. The van der Waals surface area contributed by atoms with Crippen molar-refractivity contribution in [2.75, 3.05) is 7.11 Å². The van der Waals surface area contributed by atoms with Crippen molar-refractivity contribution in [2.45, 2.75) is 6.42 Å². The van der Waals surface area contributed by atoms with Crippen LogP contribution < -0.4 is 4.74 Å². The number of aromatic amines is 1. The molecule has 3 aromatic rings. The molecule has 106 valence electrons. The molecule has 0 spiro atoms. The standard InChI is InChI=1S/C17H14FNO2/c1-21-12-7-5-11(6-8-12)9-16(20)13-10-19-15-4-2-3-14(18)17(13)15/h2-8,10,19H,9H2,1H3. The van der Waals surface area contributed by atoms with E-state index in [1.807, 2.05) is 12.1 Å². The van der Waals surface area contributed by atoms with Crippen LogP contribution in [0.5, 0.6) is 5.75 Å². The summed E-state index contributed by atoms with van der Waals surface area (Å²) in [5.41, 5.74) is 1.89. The number of Topliss-reactive ketones (excluding diaryl/α,β-unsaturated/α-hetero) is 1. The second kappa shape index (κ2) is 5.40. The molecule has 1 heterocycles. The third-order valence-corrected chi connectivity index (χ3v) is 3.48. The van der Waals surface area contributed by atoms with Gasteiger partial charge in [-0.05, 0) is 29.8 Å². The van der Waals surface area contributed by atoms with Crippen LogP contribution >= 0.6 is 0 Å². The lowest BCUT2D eigenvalue weighted by molar-refractivity contribution is 0.0994. The van der Waals surface area contributed by atoms with Crippen LogP contribution in [0.25, 0.3) is 10.9 Å². The van der Waals surface area contributed by atoms with E-state index in [0.717, 1.165) is 11.3 Å². The van der Waals surface area contributed by atoms with Gasteiger partial charge in [0.2, 0.25) is 0 Å². The minimum atomic E-state index is -0.383. The molecule has 0 fully saturated rings. The molecule has 1 aromatic heterocycles. The number of H-pyrrole nitrogens is 1. The van der Waals surface area contributed by atoms with E-state index in [4.69, 9.17) is 4.74 Å². The number of rotatable bonds is 4. The van der Waals surface area contributed by atoms with Gasteiger partial charge in [-0.3, -0.25) is 4.79 Å². The number of benzene rings is 2. The third kappa shape index (κ3) is 2.52. The first kappa shape index (κ1) is 13.4. The first-order chi connectivity index (χ1) is 10.2. The average Bonchev–Trinajstić information content (AvgIpc) is 2.93. The number of carbonyl (C=O) groups is 1. The van der Waals surface area contributed by atoms with Crippen molar-refractivity contribution in [1.82, 2.24) is 4.98 Å². The van der Waals surface area contributed by atoms with Gasteiger partial charge in [-0.25, -0.2) is 4.39 Å². The van der Waals surface area contributed by atoms with Gasteiger partial charge in [0.05, 0.1) is 7.11 Å². The van der Waals surface area contributed by atoms with E-state index in [1.54, 1.807) is 37.6 Å². The largest absolute Gasteiger partial charge is 0.497 e. The molecule has 0 radical (unpaired) electrons. The Hall–Kier alpha value is -2.62. The molecule has 3 rings (SSSR count). The van der Waals surface area contributed by atoms with Gasteiger partial charge in [0, 0.05) is 29.1 Å². The van der Waals surface area contributed by atoms with E-state index in [2.05, 4.69) is 4.98 Å². The SMILES string of the molecule is COc1ccc(CC(=O)c2c[nH]c3cccc(F)c23)cc1. The van der Waals surface area contributed by atoms with Crippen molar-refractivity contribution in [2.24, 2.45) is 0 Å². The van der Waals surface area contributed by atoms with Gasteiger partial charge in [-0.15, -0.1) is 0 Å². The fourth-order valence-electron chi connectivity index (χ4n) is 2.38. The van der Waals surface area contributed by atoms with Gasteiger partial charge < -0.3 is 9.72 Å². The maximum atomic E-state index is 13.9. The normalized spacial score (nSPS) is 10.8. The van der Waals surface area contributed by atoms with Gasteiger partial charge in [0.25, 0.3) is 0 Å². The number of nitrogens with one attached hydrogen (secondary N) is 1. The molecule has 0 aliphatic heterocycles. The Morgan fingerprint density at radius 1 is 1.19 bits per heavy atom. The van der Waals surface area contributed by atoms with E-state index in [9.17, 15) is 9.18 Å². The number of halogens is 1. The highest BCUT2D eigenvalue weighted by molar-refractivity contribution is 6.08. The van der Waals surface area contributed by atoms with E-state index >= 15 is 0 Å². The zero-order valence-corrected chi connectivity index (χ0v) is 11.5. The van der Waals surface area contributed by atoms with Gasteiger partial charge in [-0.2, -0.15) is 0 Å². The number of ketones is 1. The number of methoxy groups -OCH3 is 1. The fourth-order valence-corrected chi connectivity index (χ4v) is 2.38. The Labute approximate surface area is 121 Å². The molecule has 0 atom stereocenters. The average molecular weight is 283 g/mol. The zero-order chi connectivity index (χ0) is 14.8. The highest BCUT2D eigenvalue weighted by Crippen LogP contribution is 2.23. The van der Waals surface area contributed by atoms with E-state index in [0.29, 0.717) is 16.5 Å². The number of hydrogen-bond donors (Lipinski definition) is 1. The summed E-state index contributed by atoms with van der Waals surface area (Å²) in [4.78, 5) is 15.3. The van der Waals surface area contributed by atoms with Crippen LogP contribution in [-0.2, 0) is 6.42 Å². The molecule has 0 bridgehead atoms. The molecule has 0 amide bonds. The molecule has 0 unspecified atom stereocenters. The molecular formula is C17H14FNO2. The molecule has 0 saturated carbocycles. The summed E-state index contributed by atoms with van der Waals surface area (Å²) < 4.78 is 19.0. The van der Waals surface area contributed by atoms with E-state index < -0.39 is 0 Å². The highest BCUT2D eigenvalue weighted by Gasteiger charge is 2.15. The molecule has 3 nitrogen and oxygen atoms in total. The van der Waals surface area contributed by atoms with Gasteiger partial charge in [-0.1, -0.05) is 18.2 Å². The predicted molar refractivity (Wildman–Crippen MR) is 79.3 cm³/mol. The highest BCUT2D eigenvalue weighted by atomic mass is 19.1. The Balaban J connectivity index is 1.90. The minimum absolute atomic E-state index is 0.114. The molecule has 0 aliphatic carbocycles. The summed E-state index contributed by atoms with van der Waals surface area (Å²) in [7, 11) is 1.59. The van der Waals surface area contributed by atoms with Crippen LogP contribution in [0.1, 0.15) is 15.9 Å². The number of hydrogen-bond acceptors (Lipinski definition) is 2. The predicted octanol–water partition coefficient (Wildman–Crippen LogP) is 3.74. The van der Waals surface area contributed by atoms with Crippen molar-refractivity contribution < 1.29 is 13.9 Å². The maximum absolute atomic E-state index is 13.9. The van der Waals surface area contributed by atoms with E-state index in [-0.39, 0.29) is 18.0 Å². The van der Waals surface area contributed by atoms with Gasteiger partial charge in [0.1, 0.15) is 11.6 Å². The lowest BCUT2D eigenvalue weighted by Gasteiger charge is -2.03. The lowest BCUT2D eigenvalue weighted by atomic mass is 10.0. The summed E-state index contributed by atoms with van der Waals surface area (Å²) in [6.07, 6.45) is 1.80. The number of fused-ring (bicyclic) bond motifs is 1. The second-order valence-electron chi connectivity index (χ2n) is 4.81. The molecular weight excluding hydrogens is 269 g/mol. The molecule has 4 heteroatoms. The third-order valence-electron chi connectivity index (χ3n) is 3.48. The van der Waals surface area contributed by atoms with Crippen LogP contribution in [0.15, 0.2) is 48.7 Å². The summed E-state index contributed by atoms with van der Waals surface area (Å²) in [5.74, 6) is 0.243. The Morgan fingerprint density at radius 3 is 2.67 bits per heavy atom. The lowest BCUT2D eigenvalue weighted by Crippen LogP contribution is -2.03. The quantitative estimate of drug-likeness (QED) is 0.741. The number of carbonyl (C=O) groups excluding carboxylic acids is 1. The Kier molecular flexibility index (Phi) is 3.44. The van der Waals surface area contributed by atoms with Crippen molar-refractivity contribution in [3.63, 3.8) is 0 Å². The van der Waals surface area contributed by atoms with Crippen molar-refractivity contribution in [3.05, 3.63) is 65.6 Å². The van der Waals surface area contributed by atoms with Crippen molar-refractivity contribution >= 4 is 16.7 Å². The molecule has 2 aromatic carbocycles. The first-order valence-corrected chi connectivity index (χ1v) is 6.61. The second-order valence-corrected chi connectivity index (χ2v) is 4.81. The molecule has 21 heavy (non-hydrogen) atoms. The monoisotopic (exact) mass is 283 g/mol. The number of aromatic nitrogens is 1. The molecule has 0 saturated heterocycles. The number of ether oxygens (including phenoxy) is 1. The van der Waals surface area contributed by atoms with Gasteiger partial charge >= 0.3 is 0 Å². The smallest absolute Gasteiger partial charge is 0.169 e. The van der Waals surface area contributed by atoms with Crippen LogP contribution in [0.4, 0.5) is 4.39 Å². The van der Waals surface area contributed by atoms with Crippen LogP contribution in [-0.4, -0.2) is 17.9 Å². The fraction of sp³-hybridized carbons (Fsp3) is 0.118. The maximum Gasteiger partial charge on any atom is 0.169 e. The van der Waals surface area contributed by atoms with Crippen molar-refractivity contribution in [1.29, 1.82) is 0 Å². The molecule has 1 N–H and O–H groups in total. The summed E-state index contributed by atoms with van der Waals surface area (Å²) in [6.45, 7) is 0. The summed E-state index contributed by atoms with van der Waals surface area (Å²) in [5, 5.41) is 0.357. The van der Waals surface area contributed by atoms with Crippen molar-refractivity contribution in [3.8, 4) is 5.75 Å². The van der Waals surface area contributed by atoms with Crippen LogP contribution in [0.2, 0.25) is 0 Å². The Morgan fingerprint density at radius 2 is 1.95 bits per heavy atom. The van der Waals surface area contributed by atoms with Crippen LogP contribution in [0.3, 0.4) is 0 Å². The van der Waals surface area contributed by atoms with E-state index in [1.165, 1.54) is 6.07 Å². The molecule has 0 aliphatic rings. The Bertz CT molecular complexity index is 790. The zero-order valence-electron chi connectivity index (χ0n) is 11.5. The first-order valence-electron chi connectivity index (χ1n) is 6.61. The minimum Gasteiger partial charge on any atom is -0.497 e. The topological polar surface area (TPSA) is 42.1 Å². The van der Waals surface area contributed by atoms with Crippen LogP contribution in [0, 0.1) is 5.82 Å².